The van der Waals surface area contributed by atoms with Gasteiger partial charge in [0.2, 0.25) is 0 Å². The molecule has 0 aliphatic heterocycles. The second kappa shape index (κ2) is 6.74. The van der Waals surface area contributed by atoms with E-state index < -0.39 is 0 Å². The van der Waals surface area contributed by atoms with E-state index in [1.54, 1.807) is 23.2 Å². The molecule has 6 nitrogen and oxygen atoms in total. The molecule has 0 atom stereocenters. The molecule has 5 rings (SSSR count). The lowest BCUT2D eigenvalue weighted by atomic mass is 10.1. The average Bonchev–Trinajstić information content (AvgIpc) is 3.19. The predicted molar refractivity (Wildman–Crippen MR) is 109 cm³/mol. The van der Waals surface area contributed by atoms with Crippen LogP contribution in [-0.2, 0) is 12.8 Å². The van der Waals surface area contributed by atoms with Crippen molar-refractivity contribution in [1.82, 2.24) is 24.7 Å². The van der Waals surface area contributed by atoms with Crippen molar-refractivity contribution in [2.45, 2.75) is 12.8 Å². The van der Waals surface area contributed by atoms with E-state index in [9.17, 15) is 4.79 Å². The van der Waals surface area contributed by atoms with Gasteiger partial charge in [-0.15, -0.1) is 0 Å². The number of rotatable bonds is 4. The number of nitrogens with zero attached hydrogens (tertiary/aromatic N) is 4. The van der Waals surface area contributed by atoms with Gasteiger partial charge < -0.3 is 0 Å². The first-order valence-corrected chi connectivity index (χ1v) is 9.14. The van der Waals surface area contributed by atoms with Crippen LogP contribution in [0.2, 0.25) is 0 Å². The van der Waals surface area contributed by atoms with Crippen molar-refractivity contribution in [1.29, 1.82) is 0 Å². The molecule has 0 aliphatic carbocycles. The van der Waals surface area contributed by atoms with E-state index in [0.717, 1.165) is 23.2 Å². The van der Waals surface area contributed by atoms with Crippen molar-refractivity contribution in [3.05, 3.63) is 94.8 Å². The maximum absolute atomic E-state index is 13.5. The Hall–Kier alpha value is -3.80. The van der Waals surface area contributed by atoms with E-state index in [1.807, 2.05) is 54.6 Å². The highest BCUT2D eigenvalue weighted by Gasteiger charge is 2.18. The molecule has 5 aromatic rings. The topological polar surface area (TPSA) is 76.5 Å². The average molecular weight is 367 g/mol. The van der Waals surface area contributed by atoms with Gasteiger partial charge in [0.15, 0.2) is 0 Å². The molecule has 0 radical (unpaired) electrons. The summed E-state index contributed by atoms with van der Waals surface area (Å²) in [4.78, 5) is 22.0. The van der Waals surface area contributed by atoms with E-state index in [4.69, 9.17) is 0 Å². The number of H-pyrrole nitrogens is 1. The molecule has 1 aromatic carbocycles. The molecule has 136 valence electrons. The van der Waals surface area contributed by atoms with Crippen LogP contribution in [0.4, 0.5) is 0 Å². The Morgan fingerprint density at radius 3 is 2.54 bits per heavy atom. The highest BCUT2D eigenvalue weighted by atomic mass is 16.1. The van der Waals surface area contributed by atoms with Crippen LogP contribution >= 0.6 is 0 Å². The fraction of sp³-hybridized carbons (Fsp3) is 0.0909. The Bertz CT molecular complexity index is 1320. The van der Waals surface area contributed by atoms with Crippen LogP contribution in [0, 0.1) is 0 Å². The normalized spacial score (nSPS) is 11.3. The number of pyridine rings is 3. The van der Waals surface area contributed by atoms with Crippen LogP contribution in [0.5, 0.6) is 0 Å². The zero-order valence-corrected chi connectivity index (χ0v) is 15.0. The summed E-state index contributed by atoms with van der Waals surface area (Å²) in [7, 11) is 0. The van der Waals surface area contributed by atoms with Crippen molar-refractivity contribution in [2.24, 2.45) is 0 Å². The molecule has 0 saturated carbocycles. The first-order valence-electron chi connectivity index (χ1n) is 9.14. The van der Waals surface area contributed by atoms with Crippen molar-refractivity contribution < 1.29 is 0 Å². The highest BCUT2D eigenvalue weighted by molar-refractivity contribution is 6.03. The summed E-state index contributed by atoms with van der Waals surface area (Å²) in [5.74, 6) is 0. The summed E-state index contributed by atoms with van der Waals surface area (Å²) in [6, 6.07) is 17.4. The molecule has 0 spiro atoms. The van der Waals surface area contributed by atoms with Crippen LogP contribution in [-0.4, -0.2) is 24.7 Å². The lowest BCUT2D eigenvalue weighted by molar-refractivity contribution is 0.896. The second-order valence-electron chi connectivity index (χ2n) is 6.63. The van der Waals surface area contributed by atoms with Crippen LogP contribution in [0.15, 0.2) is 78.0 Å². The van der Waals surface area contributed by atoms with Gasteiger partial charge in [-0.25, -0.2) is 4.98 Å². The van der Waals surface area contributed by atoms with E-state index in [0.29, 0.717) is 23.0 Å². The van der Waals surface area contributed by atoms with Gasteiger partial charge in [0.1, 0.15) is 11.2 Å². The lowest BCUT2D eigenvalue weighted by Gasteiger charge is -2.10. The summed E-state index contributed by atoms with van der Waals surface area (Å²) < 4.78 is 1.67. The maximum atomic E-state index is 13.5. The van der Waals surface area contributed by atoms with Crippen LogP contribution in [0.3, 0.4) is 0 Å². The maximum Gasteiger partial charge on any atom is 0.268 e. The molecule has 4 heterocycles. The predicted octanol–water partition coefficient (Wildman–Crippen LogP) is 3.44. The van der Waals surface area contributed by atoms with E-state index in [2.05, 4.69) is 20.2 Å². The van der Waals surface area contributed by atoms with Gasteiger partial charge in [-0.3, -0.25) is 19.4 Å². The fourth-order valence-corrected chi connectivity index (χ4v) is 3.59. The van der Waals surface area contributed by atoms with Crippen LogP contribution in [0.25, 0.3) is 27.6 Å². The first-order chi connectivity index (χ1) is 13.8. The minimum Gasteiger partial charge on any atom is -0.281 e. The molecule has 28 heavy (non-hydrogen) atoms. The van der Waals surface area contributed by atoms with Crippen LogP contribution < -0.4 is 5.56 Å². The molecule has 6 heteroatoms. The highest BCUT2D eigenvalue weighted by Crippen LogP contribution is 2.24. The van der Waals surface area contributed by atoms with Gasteiger partial charge in [-0.2, -0.15) is 5.10 Å². The Morgan fingerprint density at radius 1 is 0.893 bits per heavy atom. The number of hydrogen-bond acceptors (Lipinski definition) is 4. The third-order valence-electron chi connectivity index (χ3n) is 4.94. The molecular weight excluding hydrogens is 350 g/mol. The number of nitrogens with one attached hydrogen (secondary N) is 1. The second-order valence-corrected chi connectivity index (χ2v) is 6.63. The molecule has 0 aliphatic rings. The van der Waals surface area contributed by atoms with Gasteiger partial charge in [0, 0.05) is 29.7 Å². The molecule has 0 fully saturated rings. The smallest absolute Gasteiger partial charge is 0.268 e. The molecule has 0 amide bonds. The standard InChI is InChI=1S/C22H17N5O/c28-22-19-18(9-8-15-10-13-23-14-11-15)25-26-20(19)17-7-4-12-24-21(17)27(22)16-5-2-1-3-6-16/h1-7,10-14H,8-9H2,(H,25,26). The number of aryl methyl sites for hydroxylation is 2. The van der Waals surface area contributed by atoms with Crippen molar-refractivity contribution in [2.75, 3.05) is 0 Å². The van der Waals surface area contributed by atoms with E-state index >= 15 is 0 Å². The summed E-state index contributed by atoms with van der Waals surface area (Å²) in [6.45, 7) is 0. The number of benzene rings is 1. The zero-order valence-electron chi connectivity index (χ0n) is 15.0. The summed E-state index contributed by atoms with van der Waals surface area (Å²) in [6.07, 6.45) is 6.75. The van der Waals surface area contributed by atoms with Gasteiger partial charge in [0.25, 0.3) is 5.56 Å². The molecule has 0 bridgehead atoms. The fourth-order valence-electron chi connectivity index (χ4n) is 3.59. The summed E-state index contributed by atoms with van der Waals surface area (Å²) >= 11 is 0. The Kier molecular flexibility index (Phi) is 3.94. The lowest BCUT2D eigenvalue weighted by Crippen LogP contribution is -2.20. The van der Waals surface area contributed by atoms with Crippen molar-refractivity contribution in [3.63, 3.8) is 0 Å². The summed E-state index contributed by atoms with van der Waals surface area (Å²) in [5.41, 5.74) is 3.98. The van der Waals surface area contributed by atoms with Crippen LogP contribution in [0.1, 0.15) is 11.3 Å². The summed E-state index contributed by atoms with van der Waals surface area (Å²) in [5, 5.41) is 9.03. The van der Waals surface area contributed by atoms with Gasteiger partial charge in [0.05, 0.1) is 11.1 Å². The Balaban J connectivity index is 1.73. The first kappa shape index (κ1) is 16.4. The molecule has 4 aromatic heterocycles. The molecule has 0 unspecified atom stereocenters. The van der Waals surface area contributed by atoms with Crippen molar-refractivity contribution >= 4 is 21.9 Å². The largest absolute Gasteiger partial charge is 0.281 e. The van der Waals surface area contributed by atoms with E-state index in [1.165, 1.54) is 5.56 Å². The third-order valence-corrected chi connectivity index (χ3v) is 4.94. The Labute approximate surface area is 160 Å². The number of fused-ring (bicyclic) bond motifs is 3. The number of aromatic amines is 1. The van der Waals surface area contributed by atoms with Crippen molar-refractivity contribution in [3.8, 4) is 5.69 Å². The van der Waals surface area contributed by atoms with Gasteiger partial charge in [-0.1, -0.05) is 18.2 Å². The molecule has 0 saturated heterocycles. The minimum atomic E-state index is -0.106. The van der Waals surface area contributed by atoms with Gasteiger partial charge >= 0.3 is 0 Å². The van der Waals surface area contributed by atoms with Gasteiger partial charge in [-0.05, 0) is 54.8 Å². The zero-order chi connectivity index (χ0) is 18.9. The SMILES string of the molecule is O=c1c2c(CCc3ccncc3)[nH]nc2c2cccnc2n1-c1ccccc1. The Morgan fingerprint density at radius 2 is 1.71 bits per heavy atom. The third kappa shape index (κ3) is 2.66. The molecule has 1 N–H and O–H groups in total. The minimum absolute atomic E-state index is 0.106. The molecular formula is C22H17N5O. The van der Waals surface area contributed by atoms with E-state index in [-0.39, 0.29) is 5.56 Å². The number of hydrogen-bond donors (Lipinski definition) is 1. The number of para-hydroxylation sites is 1. The number of aromatic nitrogens is 5. The monoisotopic (exact) mass is 367 g/mol. The quantitative estimate of drug-likeness (QED) is 0.528.